The van der Waals surface area contributed by atoms with E-state index in [4.69, 9.17) is 9.47 Å². The summed E-state index contributed by atoms with van der Waals surface area (Å²) in [5, 5.41) is 0. The SMILES string of the molecule is COc1cc(F)c(S(=O)(=O)Nc2ccccc2N2CCCCC2)cc1OC. The summed E-state index contributed by atoms with van der Waals surface area (Å²) >= 11 is 0. The van der Waals surface area contributed by atoms with Crippen LogP contribution < -0.4 is 19.1 Å². The molecule has 1 aliphatic rings. The molecule has 0 atom stereocenters. The Morgan fingerprint density at radius 2 is 1.63 bits per heavy atom. The molecule has 146 valence electrons. The van der Waals surface area contributed by atoms with E-state index >= 15 is 0 Å². The highest BCUT2D eigenvalue weighted by Gasteiger charge is 2.24. The van der Waals surface area contributed by atoms with E-state index in [9.17, 15) is 12.8 Å². The Bertz CT molecular complexity index is 912. The van der Waals surface area contributed by atoms with E-state index in [2.05, 4.69) is 9.62 Å². The zero-order valence-corrected chi connectivity index (χ0v) is 16.2. The Morgan fingerprint density at radius 1 is 1.00 bits per heavy atom. The lowest BCUT2D eigenvalue weighted by atomic mass is 10.1. The molecule has 0 amide bonds. The summed E-state index contributed by atoms with van der Waals surface area (Å²) in [5.41, 5.74) is 1.22. The Balaban J connectivity index is 1.96. The number of benzene rings is 2. The van der Waals surface area contributed by atoms with Crippen LogP contribution in [0.4, 0.5) is 15.8 Å². The molecule has 1 fully saturated rings. The van der Waals surface area contributed by atoms with Crippen molar-refractivity contribution in [3.8, 4) is 11.5 Å². The van der Waals surface area contributed by atoms with Crippen LogP contribution in [0.3, 0.4) is 0 Å². The molecule has 3 rings (SSSR count). The van der Waals surface area contributed by atoms with Crippen molar-refractivity contribution in [2.45, 2.75) is 24.2 Å². The number of hydrogen-bond acceptors (Lipinski definition) is 5. The second-order valence-corrected chi connectivity index (χ2v) is 7.96. The maximum absolute atomic E-state index is 14.4. The molecule has 1 heterocycles. The molecule has 1 N–H and O–H groups in total. The van der Waals surface area contributed by atoms with Crippen LogP contribution in [0.1, 0.15) is 19.3 Å². The maximum Gasteiger partial charge on any atom is 0.265 e. The molecular weight excluding hydrogens is 371 g/mol. The van der Waals surface area contributed by atoms with Crippen molar-refractivity contribution in [3.05, 3.63) is 42.2 Å². The number of hydrogen-bond donors (Lipinski definition) is 1. The Hall–Kier alpha value is -2.48. The van der Waals surface area contributed by atoms with Crippen LogP contribution in [0, 0.1) is 5.82 Å². The third-order valence-corrected chi connectivity index (χ3v) is 5.95. The van der Waals surface area contributed by atoms with Gasteiger partial charge >= 0.3 is 0 Å². The summed E-state index contributed by atoms with van der Waals surface area (Å²) in [6.45, 7) is 1.73. The molecule has 0 radical (unpaired) electrons. The minimum Gasteiger partial charge on any atom is -0.493 e. The van der Waals surface area contributed by atoms with Gasteiger partial charge in [-0.05, 0) is 31.4 Å². The summed E-state index contributed by atoms with van der Waals surface area (Å²) in [7, 11) is -1.42. The van der Waals surface area contributed by atoms with Crippen molar-refractivity contribution in [1.29, 1.82) is 0 Å². The Kier molecular flexibility index (Phi) is 5.74. The molecule has 0 unspecified atom stereocenters. The highest BCUT2D eigenvalue weighted by Crippen LogP contribution is 2.34. The molecule has 2 aromatic rings. The van der Waals surface area contributed by atoms with Gasteiger partial charge in [-0.2, -0.15) is 0 Å². The van der Waals surface area contributed by atoms with E-state index in [-0.39, 0.29) is 11.5 Å². The van der Waals surface area contributed by atoms with E-state index in [1.807, 2.05) is 12.1 Å². The second-order valence-electron chi connectivity index (χ2n) is 6.31. The van der Waals surface area contributed by atoms with Crippen molar-refractivity contribution < 1.29 is 22.3 Å². The number of para-hydroxylation sites is 2. The zero-order valence-electron chi connectivity index (χ0n) is 15.4. The fourth-order valence-electron chi connectivity index (χ4n) is 3.21. The molecule has 0 aromatic heterocycles. The van der Waals surface area contributed by atoms with Crippen molar-refractivity contribution in [2.75, 3.05) is 36.9 Å². The number of nitrogens with zero attached hydrogens (tertiary/aromatic N) is 1. The molecule has 1 aliphatic heterocycles. The second kappa shape index (κ2) is 8.04. The minimum absolute atomic E-state index is 0.127. The number of sulfonamides is 1. The van der Waals surface area contributed by atoms with Gasteiger partial charge in [0.2, 0.25) is 0 Å². The molecule has 0 aliphatic carbocycles. The van der Waals surface area contributed by atoms with Crippen LogP contribution in [0.15, 0.2) is 41.3 Å². The Morgan fingerprint density at radius 3 is 2.30 bits per heavy atom. The highest BCUT2D eigenvalue weighted by atomic mass is 32.2. The van der Waals surface area contributed by atoms with E-state index in [1.54, 1.807) is 12.1 Å². The van der Waals surface area contributed by atoms with E-state index in [0.29, 0.717) is 5.69 Å². The van der Waals surface area contributed by atoms with Crippen LogP contribution in [0.2, 0.25) is 0 Å². The normalized spacial score (nSPS) is 14.7. The van der Waals surface area contributed by atoms with Gasteiger partial charge in [-0.3, -0.25) is 4.72 Å². The van der Waals surface area contributed by atoms with Crippen molar-refractivity contribution in [3.63, 3.8) is 0 Å². The molecule has 0 spiro atoms. The highest BCUT2D eigenvalue weighted by molar-refractivity contribution is 7.92. The smallest absolute Gasteiger partial charge is 0.265 e. The fourth-order valence-corrected chi connectivity index (χ4v) is 4.36. The number of anilines is 2. The molecule has 6 nitrogen and oxygen atoms in total. The van der Waals surface area contributed by atoms with Gasteiger partial charge in [0.05, 0.1) is 25.6 Å². The standard InChI is InChI=1S/C19H23FN2O4S/c1-25-17-12-14(20)19(13-18(17)26-2)27(23,24)21-15-8-4-5-9-16(15)22-10-6-3-7-11-22/h4-5,8-9,12-13,21H,3,6-7,10-11H2,1-2H3. The lowest BCUT2D eigenvalue weighted by Crippen LogP contribution is -2.30. The summed E-state index contributed by atoms with van der Waals surface area (Å²) in [6.07, 6.45) is 3.29. The van der Waals surface area contributed by atoms with Crippen LogP contribution in [-0.4, -0.2) is 35.7 Å². The first kappa shape index (κ1) is 19.3. The Labute approximate surface area is 159 Å². The first-order valence-corrected chi connectivity index (χ1v) is 10.2. The van der Waals surface area contributed by atoms with Gasteiger partial charge in [-0.25, -0.2) is 12.8 Å². The minimum atomic E-state index is -4.15. The van der Waals surface area contributed by atoms with Gasteiger partial charge in [0, 0.05) is 25.2 Å². The van der Waals surface area contributed by atoms with Gasteiger partial charge in [0.15, 0.2) is 11.5 Å². The molecule has 1 saturated heterocycles. The van der Waals surface area contributed by atoms with E-state index < -0.39 is 20.7 Å². The number of methoxy groups -OCH3 is 2. The number of ether oxygens (including phenoxy) is 2. The van der Waals surface area contributed by atoms with E-state index in [1.165, 1.54) is 20.6 Å². The van der Waals surface area contributed by atoms with Gasteiger partial charge in [0.1, 0.15) is 10.7 Å². The predicted molar refractivity (Wildman–Crippen MR) is 103 cm³/mol. The number of piperidine rings is 1. The molecule has 2 aromatic carbocycles. The van der Waals surface area contributed by atoms with Crippen molar-refractivity contribution >= 4 is 21.4 Å². The molecule has 0 bridgehead atoms. The summed E-state index contributed by atoms with van der Waals surface area (Å²) in [5.74, 6) is -0.637. The predicted octanol–water partition coefficient (Wildman–Crippen LogP) is 3.63. The lowest BCUT2D eigenvalue weighted by Gasteiger charge is -2.30. The van der Waals surface area contributed by atoms with Crippen molar-refractivity contribution in [2.24, 2.45) is 0 Å². The monoisotopic (exact) mass is 394 g/mol. The fraction of sp³-hybridized carbons (Fsp3) is 0.368. The number of rotatable bonds is 6. The first-order chi connectivity index (χ1) is 13.0. The molecule has 8 heteroatoms. The third kappa shape index (κ3) is 4.10. The number of nitrogens with one attached hydrogen (secondary N) is 1. The third-order valence-electron chi connectivity index (χ3n) is 4.57. The topological polar surface area (TPSA) is 67.9 Å². The summed E-state index contributed by atoms with van der Waals surface area (Å²) in [4.78, 5) is 1.65. The van der Waals surface area contributed by atoms with Crippen LogP contribution >= 0.6 is 0 Å². The molecule has 27 heavy (non-hydrogen) atoms. The average Bonchev–Trinajstić information content (AvgIpc) is 2.68. The van der Waals surface area contributed by atoms with Crippen LogP contribution in [-0.2, 0) is 10.0 Å². The van der Waals surface area contributed by atoms with Gasteiger partial charge < -0.3 is 14.4 Å². The molecular formula is C19H23FN2O4S. The zero-order chi connectivity index (χ0) is 19.4. The first-order valence-electron chi connectivity index (χ1n) is 8.74. The van der Waals surface area contributed by atoms with Gasteiger partial charge in [-0.1, -0.05) is 12.1 Å². The lowest BCUT2D eigenvalue weighted by molar-refractivity contribution is 0.350. The van der Waals surface area contributed by atoms with Gasteiger partial charge in [-0.15, -0.1) is 0 Å². The van der Waals surface area contributed by atoms with Crippen LogP contribution in [0.5, 0.6) is 11.5 Å². The van der Waals surface area contributed by atoms with Crippen molar-refractivity contribution in [1.82, 2.24) is 0 Å². The quantitative estimate of drug-likeness (QED) is 0.810. The van der Waals surface area contributed by atoms with Crippen LogP contribution in [0.25, 0.3) is 0 Å². The largest absolute Gasteiger partial charge is 0.493 e. The number of halogens is 1. The maximum atomic E-state index is 14.4. The summed E-state index contributed by atoms with van der Waals surface area (Å²) in [6, 6.07) is 9.28. The van der Waals surface area contributed by atoms with E-state index in [0.717, 1.165) is 43.8 Å². The average molecular weight is 394 g/mol. The van der Waals surface area contributed by atoms with Gasteiger partial charge in [0.25, 0.3) is 10.0 Å². The molecule has 0 saturated carbocycles. The summed E-state index contributed by atoms with van der Waals surface area (Å²) < 4.78 is 52.8.